The lowest BCUT2D eigenvalue weighted by atomic mass is 10.2. The van der Waals surface area contributed by atoms with E-state index in [1.165, 1.54) is 0 Å². The zero-order chi connectivity index (χ0) is 7.82. The first-order valence-electron chi connectivity index (χ1n) is 2.84. The van der Waals surface area contributed by atoms with Crippen LogP contribution in [0, 0.1) is 0 Å². The van der Waals surface area contributed by atoms with Crippen LogP contribution in [0.5, 0.6) is 0 Å². The van der Waals surface area contributed by atoms with Crippen LogP contribution in [0.15, 0.2) is 37.0 Å². The van der Waals surface area contributed by atoms with Crippen LogP contribution in [0.2, 0.25) is 0 Å². The molecule has 0 aliphatic heterocycles. The van der Waals surface area contributed by atoms with E-state index in [9.17, 15) is 4.79 Å². The quantitative estimate of drug-likeness (QED) is 0.424. The lowest BCUT2D eigenvalue weighted by Crippen LogP contribution is -1.92. The summed E-state index contributed by atoms with van der Waals surface area (Å²) in [4.78, 5) is 9.72. The van der Waals surface area contributed by atoms with Crippen LogP contribution < -0.4 is 0 Å². The third-order valence-electron chi connectivity index (χ3n) is 0.912. The van der Waals surface area contributed by atoms with Crippen LogP contribution in [0.4, 0.5) is 0 Å². The minimum absolute atomic E-state index is 0.263. The summed E-state index contributed by atoms with van der Waals surface area (Å²) in [5.74, 6) is 0. The molecule has 0 unspecified atom stereocenters. The molecule has 10 heavy (non-hydrogen) atoms. The molecule has 0 aromatic rings. The van der Waals surface area contributed by atoms with Gasteiger partial charge in [-0.25, -0.2) is 0 Å². The molecule has 54 valence electrons. The van der Waals surface area contributed by atoms with Crippen LogP contribution in [0.3, 0.4) is 0 Å². The van der Waals surface area contributed by atoms with Crippen LogP contribution in [-0.2, 0) is 9.53 Å². The van der Waals surface area contributed by atoms with Crippen molar-refractivity contribution in [2.75, 3.05) is 6.61 Å². The SMILES string of the molecule is C=C/C=C(\C=C)COC=O. The van der Waals surface area contributed by atoms with Crippen molar-refractivity contribution in [1.29, 1.82) is 0 Å². The summed E-state index contributed by atoms with van der Waals surface area (Å²) < 4.78 is 4.47. The zero-order valence-electron chi connectivity index (χ0n) is 5.75. The van der Waals surface area contributed by atoms with Crippen LogP contribution in [0.25, 0.3) is 0 Å². The molecule has 0 rings (SSSR count). The summed E-state index contributed by atoms with van der Waals surface area (Å²) in [6.07, 6.45) is 4.97. The van der Waals surface area contributed by atoms with Crippen molar-refractivity contribution >= 4 is 6.47 Å². The van der Waals surface area contributed by atoms with E-state index in [0.717, 1.165) is 5.57 Å². The first-order valence-corrected chi connectivity index (χ1v) is 2.84. The maximum atomic E-state index is 9.72. The van der Waals surface area contributed by atoms with Gasteiger partial charge in [0, 0.05) is 0 Å². The van der Waals surface area contributed by atoms with Gasteiger partial charge in [-0.3, -0.25) is 4.79 Å². The van der Waals surface area contributed by atoms with E-state index in [4.69, 9.17) is 0 Å². The number of rotatable bonds is 5. The van der Waals surface area contributed by atoms with Crippen molar-refractivity contribution in [1.82, 2.24) is 0 Å². The summed E-state index contributed by atoms with van der Waals surface area (Å²) in [5.41, 5.74) is 0.835. The van der Waals surface area contributed by atoms with Gasteiger partial charge in [-0.05, 0) is 5.57 Å². The molecule has 0 amide bonds. The molecule has 0 saturated heterocycles. The lowest BCUT2D eigenvalue weighted by molar-refractivity contribution is -0.127. The van der Waals surface area contributed by atoms with Crippen molar-refractivity contribution < 1.29 is 9.53 Å². The van der Waals surface area contributed by atoms with Crippen molar-refractivity contribution in [3.63, 3.8) is 0 Å². The second-order valence-electron chi connectivity index (χ2n) is 1.59. The Hall–Kier alpha value is -1.31. The Bertz CT molecular complexity index is 157. The largest absolute Gasteiger partial charge is 0.463 e. The Morgan fingerprint density at radius 1 is 1.50 bits per heavy atom. The highest BCUT2D eigenvalue weighted by atomic mass is 16.5. The van der Waals surface area contributed by atoms with Crippen LogP contribution in [0.1, 0.15) is 0 Å². The maximum Gasteiger partial charge on any atom is 0.293 e. The molecular weight excluding hydrogens is 128 g/mol. The van der Waals surface area contributed by atoms with E-state index < -0.39 is 0 Å². The van der Waals surface area contributed by atoms with E-state index >= 15 is 0 Å². The van der Waals surface area contributed by atoms with Gasteiger partial charge in [0.15, 0.2) is 0 Å². The molecule has 0 aliphatic carbocycles. The number of hydrogen-bond donors (Lipinski definition) is 0. The predicted molar refractivity (Wildman–Crippen MR) is 40.5 cm³/mol. The Balaban J connectivity index is 3.81. The molecule has 0 N–H and O–H groups in total. The zero-order valence-corrected chi connectivity index (χ0v) is 5.75. The fourth-order valence-corrected chi connectivity index (χ4v) is 0.457. The lowest BCUT2D eigenvalue weighted by Gasteiger charge is -1.96. The molecular formula is C8H10O2. The topological polar surface area (TPSA) is 26.3 Å². The summed E-state index contributed by atoms with van der Waals surface area (Å²) in [6.45, 7) is 7.68. The molecule has 2 nitrogen and oxygen atoms in total. The Labute approximate surface area is 60.5 Å². The van der Waals surface area contributed by atoms with Gasteiger partial charge in [0.2, 0.25) is 0 Å². The predicted octanol–water partition coefficient (Wildman–Crippen LogP) is 1.46. The molecule has 0 atom stereocenters. The van der Waals surface area contributed by atoms with Gasteiger partial charge in [0.25, 0.3) is 6.47 Å². The van der Waals surface area contributed by atoms with Gasteiger partial charge in [-0.15, -0.1) is 0 Å². The molecule has 0 heterocycles. The first kappa shape index (κ1) is 8.69. The molecule has 0 fully saturated rings. The molecule has 0 aromatic heterocycles. The minimum Gasteiger partial charge on any atom is -0.463 e. The third-order valence-corrected chi connectivity index (χ3v) is 0.912. The molecule has 2 heteroatoms. The van der Waals surface area contributed by atoms with Crippen LogP contribution in [-0.4, -0.2) is 13.1 Å². The normalized spacial score (nSPS) is 10.2. The number of hydrogen-bond acceptors (Lipinski definition) is 2. The Kier molecular flexibility index (Phi) is 5.06. The maximum absolute atomic E-state index is 9.72. The number of carbonyl (C=O) groups excluding carboxylic acids is 1. The molecule has 0 bridgehead atoms. The number of ether oxygens (including phenoxy) is 1. The highest BCUT2D eigenvalue weighted by Crippen LogP contribution is 1.95. The van der Waals surface area contributed by atoms with Crippen LogP contribution >= 0.6 is 0 Å². The highest BCUT2D eigenvalue weighted by molar-refractivity contribution is 5.38. The fourth-order valence-electron chi connectivity index (χ4n) is 0.457. The second-order valence-corrected chi connectivity index (χ2v) is 1.59. The van der Waals surface area contributed by atoms with Gasteiger partial charge < -0.3 is 4.74 Å². The van der Waals surface area contributed by atoms with Crippen molar-refractivity contribution in [3.8, 4) is 0 Å². The average Bonchev–Trinajstić information content (AvgIpc) is 1.98. The van der Waals surface area contributed by atoms with Gasteiger partial charge >= 0.3 is 0 Å². The molecule has 0 aliphatic rings. The van der Waals surface area contributed by atoms with Crippen molar-refractivity contribution in [2.45, 2.75) is 0 Å². The summed E-state index contributed by atoms with van der Waals surface area (Å²) in [5, 5.41) is 0. The summed E-state index contributed by atoms with van der Waals surface area (Å²) in [7, 11) is 0. The fraction of sp³-hybridized carbons (Fsp3) is 0.125. The van der Waals surface area contributed by atoms with Gasteiger partial charge in [-0.1, -0.05) is 31.4 Å². The third kappa shape index (κ3) is 3.66. The molecule has 0 radical (unpaired) electrons. The summed E-state index contributed by atoms with van der Waals surface area (Å²) in [6, 6.07) is 0. The smallest absolute Gasteiger partial charge is 0.293 e. The highest BCUT2D eigenvalue weighted by Gasteiger charge is 1.87. The standard InChI is InChI=1S/C8H10O2/c1-3-5-8(4-2)6-10-7-9/h3-5,7H,1-2,6H2/b8-5+. The molecule has 0 aromatic carbocycles. The molecule has 0 spiro atoms. The van der Waals surface area contributed by atoms with E-state index in [-0.39, 0.29) is 6.61 Å². The number of carbonyl (C=O) groups is 1. The van der Waals surface area contributed by atoms with E-state index in [1.54, 1.807) is 18.2 Å². The van der Waals surface area contributed by atoms with Gasteiger partial charge in [-0.2, -0.15) is 0 Å². The Morgan fingerprint density at radius 2 is 2.20 bits per heavy atom. The Morgan fingerprint density at radius 3 is 2.60 bits per heavy atom. The van der Waals surface area contributed by atoms with Crippen molar-refractivity contribution in [2.24, 2.45) is 0 Å². The second kappa shape index (κ2) is 5.82. The van der Waals surface area contributed by atoms with E-state index in [1.807, 2.05) is 0 Å². The summed E-state index contributed by atoms with van der Waals surface area (Å²) >= 11 is 0. The number of allylic oxidation sites excluding steroid dienone is 2. The first-order chi connectivity index (χ1) is 4.85. The monoisotopic (exact) mass is 138 g/mol. The van der Waals surface area contributed by atoms with Gasteiger partial charge in [0.1, 0.15) is 6.61 Å². The van der Waals surface area contributed by atoms with E-state index in [2.05, 4.69) is 17.9 Å². The van der Waals surface area contributed by atoms with E-state index in [0.29, 0.717) is 6.47 Å². The van der Waals surface area contributed by atoms with Crippen molar-refractivity contribution in [3.05, 3.63) is 37.0 Å². The van der Waals surface area contributed by atoms with Gasteiger partial charge in [0.05, 0.1) is 0 Å². The molecule has 0 saturated carbocycles. The average molecular weight is 138 g/mol. The minimum atomic E-state index is 0.263.